The minimum absolute atomic E-state index is 0.0668. The molecule has 0 saturated heterocycles. The Morgan fingerprint density at radius 3 is 3.06 bits per heavy atom. The molecular weight excluding hydrogens is 290 g/mol. The van der Waals surface area contributed by atoms with E-state index in [-0.39, 0.29) is 11.5 Å². The van der Waals surface area contributed by atoms with Crippen molar-refractivity contribution in [3.8, 4) is 0 Å². The average Bonchev–Trinajstić information content (AvgIpc) is 2.80. The molecule has 0 aliphatic carbocycles. The molecule has 0 bridgehead atoms. The molecule has 2 rings (SSSR count). The number of furan rings is 1. The number of nitro groups is 1. The summed E-state index contributed by atoms with van der Waals surface area (Å²) in [5.41, 5.74) is 0.826. The zero-order valence-electron chi connectivity index (χ0n) is 8.59. The zero-order valence-corrected chi connectivity index (χ0v) is 10.2. The van der Waals surface area contributed by atoms with Gasteiger partial charge < -0.3 is 9.73 Å². The normalized spacial score (nSPS) is 10.2. The summed E-state index contributed by atoms with van der Waals surface area (Å²) in [5.74, 6) is 0.236. The van der Waals surface area contributed by atoms with Crippen molar-refractivity contribution < 1.29 is 9.34 Å². The van der Waals surface area contributed by atoms with Crippen LogP contribution in [0.4, 0.5) is 11.5 Å². The molecule has 7 heteroatoms. The Morgan fingerprint density at radius 1 is 1.59 bits per heavy atom. The third-order valence-corrected chi connectivity index (χ3v) is 2.50. The molecule has 0 fully saturated rings. The third kappa shape index (κ3) is 2.82. The van der Waals surface area contributed by atoms with E-state index in [1.807, 2.05) is 0 Å². The highest BCUT2D eigenvalue weighted by molar-refractivity contribution is 9.10. The summed E-state index contributed by atoms with van der Waals surface area (Å²) in [6.45, 7) is 0.423. The molecule has 0 radical (unpaired) electrons. The van der Waals surface area contributed by atoms with E-state index in [4.69, 9.17) is 4.42 Å². The van der Waals surface area contributed by atoms with Gasteiger partial charge in [0.1, 0.15) is 0 Å². The second-order valence-corrected chi connectivity index (χ2v) is 4.18. The van der Waals surface area contributed by atoms with Crippen molar-refractivity contribution in [2.75, 3.05) is 5.32 Å². The largest absolute Gasteiger partial charge is 0.472 e. The van der Waals surface area contributed by atoms with E-state index in [1.165, 1.54) is 12.3 Å². The molecule has 2 heterocycles. The molecule has 0 aliphatic rings. The van der Waals surface area contributed by atoms with Gasteiger partial charge in [-0.15, -0.1) is 0 Å². The molecular formula is C10H8BrN3O3. The molecule has 88 valence electrons. The van der Waals surface area contributed by atoms with E-state index < -0.39 is 4.92 Å². The molecule has 0 aromatic carbocycles. The van der Waals surface area contributed by atoms with Crippen molar-refractivity contribution in [1.29, 1.82) is 0 Å². The van der Waals surface area contributed by atoms with Crippen molar-refractivity contribution in [1.82, 2.24) is 4.98 Å². The Bertz CT molecular complexity index is 528. The number of hydrogen-bond acceptors (Lipinski definition) is 5. The molecule has 0 aliphatic heterocycles. The first-order valence-electron chi connectivity index (χ1n) is 4.71. The van der Waals surface area contributed by atoms with Crippen molar-refractivity contribution in [3.05, 3.63) is 51.0 Å². The highest BCUT2D eigenvalue weighted by atomic mass is 79.9. The highest BCUT2D eigenvalue weighted by Gasteiger charge is 2.15. The smallest absolute Gasteiger partial charge is 0.312 e. The number of pyridine rings is 1. The molecule has 0 saturated carbocycles. The molecule has 0 spiro atoms. The Kier molecular flexibility index (Phi) is 3.38. The minimum atomic E-state index is -0.477. The number of nitrogens with zero attached hydrogens (tertiary/aromatic N) is 2. The van der Waals surface area contributed by atoms with Crippen LogP contribution in [0.15, 0.2) is 39.7 Å². The minimum Gasteiger partial charge on any atom is -0.472 e. The van der Waals surface area contributed by atoms with Crippen molar-refractivity contribution in [2.24, 2.45) is 0 Å². The number of hydrogen-bond donors (Lipinski definition) is 1. The molecule has 2 aromatic heterocycles. The summed E-state index contributed by atoms with van der Waals surface area (Å²) in [6, 6.07) is 3.18. The van der Waals surface area contributed by atoms with Crippen LogP contribution in [0, 0.1) is 10.1 Å². The van der Waals surface area contributed by atoms with E-state index in [0.717, 1.165) is 5.56 Å². The number of halogens is 1. The predicted molar refractivity (Wildman–Crippen MR) is 64.6 cm³/mol. The summed E-state index contributed by atoms with van der Waals surface area (Å²) >= 11 is 3.14. The Labute approximate surface area is 105 Å². The van der Waals surface area contributed by atoms with Gasteiger partial charge in [-0.1, -0.05) is 0 Å². The van der Waals surface area contributed by atoms with Gasteiger partial charge >= 0.3 is 5.69 Å². The lowest BCUT2D eigenvalue weighted by atomic mass is 10.3. The Morgan fingerprint density at radius 2 is 2.41 bits per heavy atom. The first kappa shape index (κ1) is 11.6. The van der Waals surface area contributed by atoms with Crippen LogP contribution < -0.4 is 5.32 Å². The Balaban J connectivity index is 2.17. The summed E-state index contributed by atoms with van der Waals surface area (Å²) in [7, 11) is 0. The summed E-state index contributed by atoms with van der Waals surface area (Å²) in [6.07, 6.45) is 4.61. The number of anilines is 1. The molecule has 2 aromatic rings. The van der Waals surface area contributed by atoms with Crippen LogP contribution in [0.25, 0.3) is 0 Å². The first-order valence-corrected chi connectivity index (χ1v) is 5.51. The monoisotopic (exact) mass is 297 g/mol. The van der Waals surface area contributed by atoms with Crippen molar-refractivity contribution >= 4 is 27.4 Å². The number of nitrogens with one attached hydrogen (secondary N) is 1. The van der Waals surface area contributed by atoms with Gasteiger partial charge in [-0.25, -0.2) is 4.98 Å². The second-order valence-electron chi connectivity index (χ2n) is 3.26. The van der Waals surface area contributed by atoms with Gasteiger partial charge in [-0.05, 0) is 22.0 Å². The second kappa shape index (κ2) is 4.96. The summed E-state index contributed by atoms with van der Waals surface area (Å²) < 4.78 is 5.47. The maximum Gasteiger partial charge on any atom is 0.312 e. The summed E-state index contributed by atoms with van der Waals surface area (Å²) in [4.78, 5) is 14.3. The number of rotatable bonds is 4. The van der Waals surface area contributed by atoms with Gasteiger partial charge in [0.05, 0.1) is 17.4 Å². The van der Waals surface area contributed by atoms with Crippen LogP contribution in [-0.2, 0) is 6.54 Å². The lowest BCUT2D eigenvalue weighted by molar-refractivity contribution is -0.384. The lowest BCUT2D eigenvalue weighted by Gasteiger charge is -2.04. The van der Waals surface area contributed by atoms with Crippen molar-refractivity contribution in [3.63, 3.8) is 0 Å². The lowest BCUT2D eigenvalue weighted by Crippen LogP contribution is -2.04. The van der Waals surface area contributed by atoms with E-state index in [9.17, 15) is 10.1 Å². The van der Waals surface area contributed by atoms with E-state index in [1.54, 1.807) is 18.6 Å². The van der Waals surface area contributed by atoms with E-state index in [0.29, 0.717) is 11.0 Å². The number of aromatic nitrogens is 1. The fourth-order valence-corrected chi connectivity index (χ4v) is 1.60. The van der Waals surface area contributed by atoms with Gasteiger partial charge in [0.2, 0.25) is 5.82 Å². The topological polar surface area (TPSA) is 81.2 Å². The highest BCUT2D eigenvalue weighted by Crippen LogP contribution is 2.25. The Hall–Kier alpha value is -1.89. The maximum atomic E-state index is 10.8. The fraction of sp³-hybridized carbons (Fsp3) is 0.100. The fourth-order valence-electron chi connectivity index (χ4n) is 1.28. The average molecular weight is 298 g/mol. The van der Waals surface area contributed by atoms with Gasteiger partial charge in [0.25, 0.3) is 0 Å². The van der Waals surface area contributed by atoms with Gasteiger partial charge in [-0.2, -0.15) is 0 Å². The van der Waals surface area contributed by atoms with Gasteiger partial charge in [-0.3, -0.25) is 10.1 Å². The molecule has 1 N–H and O–H groups in total. The maximum absolute atomic E-state index is 10.8. The van der Waals surface area contributed by atoms with Crippen LogP contribution in [-0.4, -0.2) is 9.91 Å². The molecule has 0 unspecified atom stereocenters. The van der Waals surface area contributed by atoms with Crippen LogP contribution >= 0.6 is 15.9 Å². The molecule has 0 atom stereocenters. The zero-order chi connectivity index (χ0) is 12.3. The first-order chi connectivity index (χ1) is 8.16. The summed E-state index contributed by atoms with van der Waals surface area (Å²) in [5, 5.41) is 13.7. The molecule has 17 heavy (non-hydrogen) atoms. The van der Waals surface area contributed by atoms with E-state index in [2.05, 4.69) is 26.2 Å². The van der Waals surface area contributed by atoms with Crippen molar-refractivity contribution in [2.45, 2.75) is 6.54 Å². The van der Waals surface area contributed by atoms with Gasteiger partial charge in [0.15, 0.2) is 0 Å². The van der Waals surface area contributed by atoms with Crippen LogP contribution in [0.2, 0.25) is 0 Å². The molecule has 0 amide bonds. The third-order valence-electron chi connectivity index (χ3n) is 2.07. The molecule has 6 nitrogen and oxygen atoms in total. The van der Waals surface area contributed by atoms with Crippen LogP contribution in [0.5, 0.6) is 0 Å². The van der Waals surface area contributed by atoms with Crippen LogP contribution in [0.3, 0.4) is 0 Å². The van der Waals surface area contributed by atoms with E-state index >= 15 is 0 Å². The predicted octanol–water partition coefficient (Wildman–Crippen LogP) is 2.96. The SMILES string of the molecule is O=[N+]([O-])c1cc(Br)cnc1NCc1ccoc1. The van der Waals surface area contributed by atoms with Crippen LogP contribution in [0.1, 0.15) is 5.56 Å². The standard InChI is InChI=1S/C10H8BrN3O3/c11-8-3-9(14(15)16)10(13-5-8)12-4-7-1-2-17-6-7/h1-3,5-6H,4H2,(H,12,13). The van der Waals surface area contributed by atoms with Gasteiger partial charge in [0, 0.05) is 28.8 Å². The quantitative estimate of drug-likeness (QED) is 0.693.